The number of hydrogen-bond acceptors (Lipinski definition) is 6. The Kier molecular flexibility index (Phi) is 5.99. The van der Waals surface area contributed by atoms with Gasteiger partial charge in [-0.1, -0.05) is 23.7 Å². The van der Waals surface area contributed by atoms with E-state index >= 15 is 0 Å². The highest BCUT2D eigenvalue weighted by Crippen LogP contribution is 2.32. The van der Waals surface area contributed by atoms with Gasteiger partial charge in [-0.3, -0.25) is 4.79 Å². The van der Waals surface area contributed by atoms with Gasteiger partial charge in [0.05, 0.1) is 5.52 Å². The van der Waals surface area contributed by atoms with Gasteiger partial charge in [0.1, 0.15) is 30.9 Å². The number of nitrogens with zero attached hydrogens (tertiary/aromatic N) is 3. The molecule has 4 aromatic rings. The zero-order valence-corrected chi connectivity index (χ0v) is 19.1. The standard InChI is InChI=1S/C26H25BN4O4/c27-22-15-29-31-23(22)11-17(21-3-1-2-4-24(21)34)12-25(31)28-14-16-5-7-30(8-6-16)26(35)18-9-19(32)13-20(33)10-18/h1-4,9-13,15-16,28,32-34H,5-8,14H2. The molecule has 35 heavy (non-hydrogen) atoms. The van der Waals surface area contributed by atoms with Gasteiger partial charge in [-0.25, -0.2) is 4.52 Å². The minimum Gasteiger partial charge on any atom is -0.508 e. The molecule has 4 N–H and O–H groups in total. The van der Waals surface area contributed by atoms with E-state index in [-0.39, 0.29) is 28.7 Å². The van der Waals surface area contributed by atoms with Crippen molar-refractivity contribution in [2.24, 2.45) is 5.92 Å². The minimum atomic E-state index is -0.202. The molecule has 1 saturated heterocycles. The van der Waals surface area contributed by atoms with Crippen molar-refractivity contribution in [2.75, 3.05) is 25.0 Å². The van der Waals surface area contributed by atoms with Gasteiger partial charge < -0.3 is 25.5 Å². The van der Waals surface area contributed by atoms with E-state index < -0.39 is 0 Å². The van der Waals surface area contributed by atoms with Crippen LogP contribution in [0.15, 0.2) is 60.8 Å². The van der Waals surface area contributed by atoms with Crippen LogP contribution in [0.25, 0.3) is 16.6 Å². The Balaban J connectivity index is 1.28. The van der Waals surface area contributed by atoms with Crippen LogP contribution in [0.3, 0.4) is 0 Å². The molecule has 0 bridgehead atoms. The highest BCUT2D eigenvalue weighted by Gasteiger charge is 2.24. The zero-order valence-electron chi connectivity index (χ0n) is 19.1. The second-order valence-electron chi connectivity index (χ2n) is 8.90. The van der Waals surface area contributed by atoms with Crippen LogP contribution in [0.2, 0.25) is 0 Å². The molecule has 2 aromatic heterocycles. The van der Waals surface area contributed by atoms with E-state index in [0.29, 0.717) is 36.6 Å². The molecule has 1 fully saturated rings. The molecule has 3 heterocycles. The number of aromatic nitrogens is 2. The number of aromatic hydroxyl groups is 3. The molecule has 176 valence electrons. The monoisotopic (exact) mass is 468 g/mol. The Morgan fingerprint density at radius 3 is 2.46 bits per heavy atom. The van der Waals surface area contributed by atoms with Gasteiger partial charge in [0, 0.05) is 43.0 Å². The molecule has 0 aliphatic carbocycles. The van der Waals surface area contributed by atoms with Crippen LogP contribution in [0.4, 0.5) is 5.82 Å². The summed E-state index contributed by atoms with van der Waals surface area (Å²) < 4.78 is 1.76. The van der Waals surface area contributed by atoms with Crippen molar-refractivity contribution in [3.05, 3.63) is 66.4 Å². The van der Waals surface area contributed by atoms with Gasteiger partial charge in [0.2, 0.25) is 0 Å². The lowest BCUT2D eigenvalue weighted by molar-refractivity contribution is 0.0694. The third-order valence-electron chi connectivity index (χ3n) is 6.49. The van der Waals surface area contributed by atoms with E-state index in [1.165, 1.54) is 18.2 Å². The number of pyridine rings is 1. The quantitative estimate of drug-likeness (QED) is 0.336. The summed E-state index contributed by atoms with van der Waals surface area (Å²) in [5.74, 6) is 0.831. The Hall–Kier alpha value is -4.14. The molecule has 9 heteroatoms. The van der Waals surface area contributed by atoms with E-state index in [4.69, 9.17) is 7.85 Å². The summed E-state index contributed by atoms with van der Waals surface area (Å²) in [6.07, 6.45) is 3.23. The normalized spacial score (nSPS) is 14.3. The third kappa shape index (κ3) is 4.62. The van der Waals surface area contributed by atoms with Crippen LogP contribution < -0.4 is 10.8 Å². The highest BCUT2D eigenvalue weighted by molar-refractivity contribution is 6.36. The van der Waals surface area contributed by atoms with Gasteiger partial charge in [0.25, 0.3) is 5.91 Å². The maximum absolute atomic E-state index is 12.8. The number of rotatable bonds is 5. The van der Waals surface area contributed by atoms with Crippen molar-refractivity contribution in [1.82, 2.24) is 14.5 Å². The summed E-state index contributed by atoms with van der Waals surface area (Å²) in [4.78, 5) is 14.5. The fraction of sp³-hybridized carbons (Fsp3) is 0.231. The SMILES string of the molecule is [B]c1cnn2c(NCC3CCN(C(=O)c4cc(O)cc(O)c4)CC3)cc(-c3ccccc3O)cc12. The minimum absolute atomic E-state index is 0.135. The molecule has 0 saturated carbocycles. The zero-order chi connectivity index (χ0) is 24.5. The number of nitrogens with one attached hydrogen (secondary N) is 1. The van der Waals surface area contributed by atoms with Crippen LogP contribution in [-0.4, -0.2) is 63.2 Å². The summed E-state index contributed by atoms with van der Waals surface area (Å²) in [5, 5.41) is 37.6. The van der Waals surface area contributed by atoms with E-state index in [2.05, 4.69) is 10.4 Å². The van der Waals surface area contributed by atoms with Crippen LogP contribution in [0, 0.1) is 5.92 Å². The number of para-hydroxylation sites is 1. The topological polar surface area (TPSA) is 110 Å². The maximum atomic E-state index is 12.8. The number of benzene rings is 2. The largest absolute Gasteiger partial charge is 0.508 e. The summed E-state index contributed by atoms with van der Waals surface area (Å²) in [7, 11) is 6.14. The average molecular weight is 468 g/mol. The van der Waals surface area contributed by atoms with Gasteiger partial charge >= 0.3 is 0 Å². The van der Waals surface area contributed by atoms with Crippen LogP contribution in [0.1, 0.15) is 23.2 Å². The number of carbonyl (C=O) groups excluding carboxylic acids is 1. The van der Waals surface area contributed by atoms with Gasteiger partial charge in [-0.15, -0.1) is 0 Å². The van der Waals surface area contributed by atoms with E-state index in [1.54, 1.807) is 27.7 Å². The molecule has 5 rings (SSSR count). The number of anilines is 1. The first-order valence-electron chi connectivity index (χ1n) is 11.5. The van der Waals surface area contributed by atoms with Crippen molar-refractivity contribution in [1.29, 1.82) is 0 Å². The maximum Gasteiger partial charge on any atom is 0.254 e. The van der Waals surface area contributed by atoms with Crippen LogP contribution in [-0.2, 0) is 0 Å². The van der Waals surface area contributed by atoms with Crippen molar-refractivity contribution in [2.45, 2.75) is 12.8 Å². The first kappa shape index (κ1) is 22.6. The first-order valence-corrected chi connectivity index (χ1v) is 11.5. The smallest absolute Gasteiger partial charge is 0.254 e. The van der Waals surface area contributed by atoms with E-state index in [9.17, 15) is 20.1 Å². The lowest BCUT2D eigenvalue weighted by atomic mass is 9.95. The van der Waals surface area contributed by atoms with Gasteiger partial charge in [-0.2, -0.15) is 5.10 Å². The van der Waals surface area contributed by atoms with Crippen molar-refractivity contribution >= 4 is 30.6 Å². The number of hydrogen-bond donors (Lipinski definition) is 4. The third-order valence-corrected chi connectivity index (χ3v) is 6.49. The molecule has 1 aliphatic heterocycles. The molecular formula is C26H25BN4O4. The Morgan fingerprint density at radius 1 is 1.03 bits per heavy atom. The Bertz CT molecular complexity index is 1380. The van der Waals surface area contributed by atoms with Crippen molar-refractivity contribution in [3.63, 3.8) is 0 Å². The number of fused-ring (bicyclic) bond motifs is 1. The number of phenols is 3. The Labute approximate surface area is 203 Å². The van der Waals surface area contributed by atoms with E-state index in [0.717, 1.165) is 29.7 Å². The Morgan fingerprint density at radius 2 is 1.74 bits per heavy atom. The second-order valence-corrected chi connectivity index (χ2v) is 8.90. The number of amides is 1. The number of phenolic OH excluding ortho intramolecular Hbond substituents is 3. The van der Waals surface area contributed by atoms with Crippen molar-refractivity contribution in [3.8, 4) is 28.4 Å². The number of piperidine rings is 1. The van der Waals surface area contributed by atoms with Crippen molar-refractivity contribution < 1.29 is 20.1 Å². The van der Waals surface area contributed by atoms with Gasteiger partial charge in [0.15, 0.2) is 0 Å². The molecule has 2 aromatic carbocycles. The molecule has 1 amide bonds. The average Bonchev–Trinajstić information content (AvgIpc) is 3.23. The van der Waals surface area contributed by atoms with Gasteiger partial charge in [-0.05, 0) is 54.7 Å². The summed E-state index contributed by atoms with van der Waals surface area (Å²) in [6.45, 7) is 1.86. The molecular weight excluding hydrogens is 443 g/mol. The fourth-order valence-electron chi connectivity index (χ4n) is 4.59. The van der Waals surface area contributed by atoms with Crippen LogP contribution in [0.5, 0.6) is 17.2 Å². The predicted octanol–water partition coefficient (Wildman–Crippen LogP) is 2.88. The second kappa shape index (κ2) is 9.25. The molecule has 2 radical (unpaired) electrons. The molecule has 8 nitrogen and oxygen atoms in total. The molecule has 1 aliphatic rings. The molecule has 0 spiro atoms. The molecule has 0 unspecified atom stereocenters. The predicted molar refractivity (Wildman–Crippen MR) is 135 cm³/mol. The van der Waals surface area contributed by atoms with Crippen LogP contribution >= 0.6 is 0 Å². The highest BCUT2D eigenvalue weighted by atomic mass is 16.3. The summed E-state index contributed by atoms with van der Waals surface area (Å²) >= 11 is 0. The number of carbonyl (C=O) groups is 1. The number of likely N-dealkylation sites (tertiary alicyclic amines) is 1. The van der Waals surface area contributed by atoms with E-state index in [1.807, 2.05) is 24.3 Å². The summed E-state index contributed by atoms with van der Waals surface area (Å²) in [5.41, 5.74) is 3.13. The lowest BCUT2D eigenvalue weighted by Crippen LogP contribution is -2.40. The fourth-order valence-corrected chi connectivity index (χ4v) is 4.59. The molecule has 0 atom stereocenters. The lowest BCUT2D eigenvalue weighted by Gasteiger charge is -2.32. The first-order chi connectivity index (χ1) is 16.9. The summed E-state index contributed by atoms with van der Waals surface area (Å²) in [6, 6.07) is 15.0.